The van der Waals surface area contributed by atoms with E-state index in [4.69, 9.17) is 14.2 Å². The molecular weight excluding hydrogens is 384 g/mol. The van der Waals surface area contributed by atoms with Crippen molar-refractivity contribution in [1.29, 1.82) is 0 Å². The maximum absolute atomic E-state index is 6.23. The summed E-state index contributed by atoms with van der Waals surface area (Å²) >= 11 is 0. The van der Waals surface area contributed by atoms with Crippen LogP contribution in [0.15, 0.2) is 0 Å². The van der Waals surface area contributed by atoms with Crippen molar-refractivity contribution in [2.75, 3.05) is 14.2 Å². The molecule has 2 aromatic carbocycles. The molecule has 2 rings (SSSR count). The van der Waals surface area contributed by atoms with Crippen LogP contribution in [0.4, 0.5) is 0 Å². The minimum absolute atomic E-state index is 0.150. The molecule has 1 atom stereocenters. The van der Waals surface area contributed by atoms with Gasteiger partial charge in [0.2, 0.25) is 0 Å². The lowest BCUT2D eigenvalue weighted by atomic mass is 9.74. The Labute approximate surface area is 190 Å². The molecule has 0 aliphatic carbocycles. The molecule has 0 saturated heterocycles. The highest BCUT2D eigenvalue weighted by molar-refractivity contribution is 5.64. The van der Waals surface area contributed by atoms with Gasteiger partial charge in [0, 0.05) is 17.0 Å². The SMILES string of the molecule is COc1c(C)c(C)c(C(c2c(C)c(C)c(OC(C)C)c(C)c2C)C(C)C)c(OC)c1C. The summed E-state index contributed by atoms with van der Waals surface area (Å²) < 4.78 is 18.0. The van der Waals surface area contributed by atoms with Crippen LogP contribution in [-0.2, 0) is 0 Å². The fraction of sp³-hybridized carbons (Fsp3) is 0.571. The zero-order valence-electron chi connectivity index (χ0n) is 22.0. The molecule has 2 aromatic rings. The minimum atomic E-state index is 0.150. The summed E-state index contributed by atoms with van der Waals surface area (Å²) in [6, 6.07) is 0. The van der Waals surface area contributed by atoms with E-state index in [0.29, 0.717) is 5.92 Å². The molecule has 0 amide bonds. The molecule has 3 nitrogen and oxygen atoms in total. The Balaban J connectivity index is 2.96. The Hall–Kier alpha value is -2.16. The second-order valence-electron chi connectivity index (χ2n) is 9.49. The first-order chi connectivity index (χ1) is 14.4. The summed E-state index contributed by atoms with van der Waals surface area (Å²) in [6.45, 7) is 24.1. The fourth-order valence-electron chi connectivity index (χ4n) is 5.07. The average Bonchev–Trinajstić information content (AvgIpc) is 2.70. The first kappa shape index (κ1) is 25.1. The Morgan fingerprint density at radius 2 is 0.903 bits per heavy atom. The van der Waals surface area contributed by atoms with Gasteiger partial charge in [0.05, 0.1) is 20.3 Å². The maximum Gasteiger partial charge on any atom is 0.129 e. The number of hydrogen-bond acceptors (Lipinski definition) is 3. The Morgan fingerprint density at radius 3 is 1.29 bits per heavy atom. The largest absolute Gasteiger partial charge is 0.496 e. The van der Waals surface area contributed by atoms with Gasteiger partial charge in [-0.2, -0.15) is 0 Å². The summed E-state index contributed by atoms with van der Waals surface area (Å²) in [5.74, 6) is 3.50. The molecule has 0 bridgehead atoms. The molecule has 0 aliphatic rings. The summed E-state index contributed by atoms with van der Waals surface area (Å²) in [6.07, 6.45) is 0.150. The van der Waals surface area contributed by atoms with Crippen LogP contribution in [0.25, 0.3) is 0 Å². The van der Waals surface area contributed by atoms with Gasteiger partial charge in [-0.25, -0.2) is 0 Å². The van der Waals surface area contributed by atoms with Gasteiger partial charge in [-0.15, -0.1) is 0 Å². The van der Waals surface area contributed by atoms with Crippen LogP contribution in [0.1, 0.15) is 83.7 Å². The van der Waals surface area contributed by atoms with E-state index in [0.717, 1.165) is 22.8 Å². The van der Waals surface area contributed by atoms with E-state index >= 15 is 0 Å². The molecule has 0 saturated carbocycles. The van der Waals surface area contributed by atoms with E-state index in [1.54, 1.807) is 14.2 Å². The first-order valence-corrected chi connectivity index (χ1v) is 11.4. The summed E-state index contributed by atoms with van der Waals surface area (Å²) in [7, 11) is 3.51. The number of methoxy groups -OCH3 is 2. The van der Waals surface area contributed by atoms with E-state index in [1.807, 2.05) is 0 Å². The van der Waals surface area contributed by atoms with Gasteiger partial charge in [-0.3, -0.25) is 0 Å². The van der Waals surface area contributed by atoms with E-state index < -0.39 is 0 Å². The predicted octanol–water partition coefficient (Wildman–Crippen LogP) is 7.44. The fourth-order valence-corrected chi connectivity index (χ4v) is 5.07. The van der Waals surface area contributed by atoms with Crippen molar-refractivity contribution in [1.82, 2.24) is 0 Å². The van der Waals surface area contributed by atoms with E-state index in [2.05, 4.69) is 76.2 Å². The second-order valence-corrected chi connectivity index (χ2v) is 9.49. The van der Waals surface area contributed by atoms with Crippen molar-refractivity contribution in [2.24, 2.45) is 5.92 Å². The normalized spacial score (nSPS) is 12.5. The highest BCUT2D eigenvalue weighted by Gasteiger charge is 2.32. The summed E-state index contributed by atoms with van der Waals surface area (Å²) in [5, 5.41) is 0. The first-order valence-electron chi connectivity index (χ1n) is 11.4. The molecule has 1 unspecified atom stereocenters. The zero-order chi connectivity index (χ0) is 23.8. The number of benzene rings is 2. The zero-order valence-corrected chi connectivity index (χ0v) is 22.0. The average molecular weight is 427 g/mol. The lowest BCUT2D eigenvalue weighted by molar-refractivity contribution is 0.238. The second kappa shape index (κ2) is 9.54. The van der Waals surface area contributed by atoms with Crippen molar-refractivity contribution in [3.8, 4) is 17.2 Å². The van der Waals surface area contributed by atoms with Crippen LogP contribution >= 0.6 is 0 Å². The van der Waals surface area contributed by atoms with Gasteiger partial charge in [0.1, 0.15) is 17.2 Å². The molecule has 0 heterocycles. The predicted molar refractivity (Wildman–Crippen MR) is 132 cm³/mol. The summed E-state index contributed by atoms with van der Waals surface area (Å²) in [5.41, 5.74) is 11.3. The molecule has 3 heteroatoms. The Morgan fingerprint density at radius 1 is 0.484 bits per heavy atom. The quantitative estimate of drug-likeness (QED) is 0.460. The van der Waals surface area contributed by atoms with Gasteiger partial charge in [0.25, 0.3) is 0 Å². The smallest absolute Gasteiger partial charge is 0.129 e. The van der Waals surface area contributed by atoms with Crippen molar-refractivity contribution < 1.29 is 14.2 Å². The van der Waals surface area contributed by atoms with Crippen LogP contribution < -0.4 is 14.2 Å². The van der Waals surface area contributed by atoms with Crippen LogP contribution in [0.5, 0.6) is 17.2 Å². The van der Waals surface area contributed by atoms with Gasteiger partial charge in [0.15, 0.2) is 0 Å². The Kier molecular flexibility index (Phi) is 7.73. The van der Waals surface area contributed by atoms with Gasteiger partial charge in [-0.05, 0) is 107 Å². The lowest BCUT2D eigenvalue weighted by Crippen LogP contribution is -2.18. The Bertz CT molecular complexity index is 938. The lowest BCUT2D eigenvalue weighted by Gasteiger charge is -2.33. The molecule has 31 heavy (non-hydrogen) atoms. The van der Waals surface area contributed by atoms with Crippen LogP contribution in [-0.4, -0.2) is 20.3 Å². The van der Waals surface area contributed by atoms with Gasteiger partial charge < -0.3 is 14.2 Å². The van der Waals surface area contributed by atoms with Crippen LogP contribution in [0.2, 0.25) is 0 Å². The van der Waals surface area contributed by atoms with Crippen molar-refractivity contribution in [3.05, 3.63) is 50.1 Å². The monoisotopic (exact) mass is 426 g/mol. The van der Waals surface area contributed by atoms with Gasteiger partial charge >= 0.3 is 0 Å². The van der Waals surface area contributed by atoms with Crippen LogP contribution in [0.3, 0.4) is 0 Å². The molecule has 0 radical (unpaired) electrons. The third kappa shape index (κ3) is 4.29. The third-order valence-corrected chi connectivity index (χ3v) is 6.90. The molecule has 0 N–H and O–H groups in total. The number of hydrogen-bond donors (Lipinski definition) is 0. The standard InChI is InChI=1S/C28H42O3/c1-14(2)23(25-18(7)19(8)26(29-12)22(11)28(25)30-13)24-16(5)20(9)27(31-15(3)4)21(10)17(24)6/h14-15,23H,1-13H3. The number of ether oxygens (including phenoxy) is 3. The molecular formula is C28H42O3. The van der Waals surface area contributed by atoms with E-state index in [9.17, 15) is 0 Å². The molecule has 0 aromatic heterocycles. The van der Waals surface area contributed by atoms with Crippen molar-refractivity contribution >= 4 is 0 Å². The van der Waals surface area contributed by atoms with Gasteiger partial charge in [-0.1, -0.05) is 13.8 Å². The van der Waals surface area contributed by atoms with E-state index in [1.165, 1.54) is 44.5 Å². The van der Waals surface area contributed by atoms with E-state index in [-0.39, 0.29) is 12.0 Å². The third-order valence-electron chi connectivity index (χ3n) is 6.90. The molecule has 0 spiro atoms. The highest BCUT2D eigenvalue weighted by Crippen LogP contribution is 2.49. The van der Waals surface area contributed by atoms with Crippen molar-refractivity contribution in [3.63, 3.8) is 0 Å². The summed E-state index contributed by atoms with van der Waals surface area (Å²) in [4.78, 5) is 0. The maximum atomic E-state index is 6.23. The minimum Gasteiger partial charge on any atom is -0.496 e. The molecule has 0 fully saturated rings. The molecule has 0 aliphatic heterocycles. The van der Waals surface area contributed by atoms with Crippen LogP contribution in [0, 0.1) is 54.4 Å². The molecule has 172 valence electrons. The highest BCUT2D eigenvalue weighted by atomic mass is 16.5. The topological polar surface area (TPSA) is 27.7 Å². The number of rotatable bonds is 7. The van der Waals surface area contributed by atoms with Crippen molar-refractivity contribution in [2.45, 2.75) is 88.2 Å².